The van der Waals surface area contributed by atoms with Gasteiger partial charge in [0.25, 0.3) is 0 Å². The van der Waals surface area contributed by atoms with E-state index in [2.05, 4.69) is 0 Å². The molecule has 3 aromatic rings. The molecule has 0 aliphatic rings. The molecule has 0 spiro atoms. The highest BCUT2D eigenvalue weighted by Crippen LogP contribution is 2.23. The maximum absolute atomic E-state index is 12.5. The van der Waals surface area contributed by atoms with Gasteiger partial charge in [-0.2, -0.15) is 12.7 Å². The maximum atomic E-state index is 12.5. The molecule has 0 aliphatic heterocycles. The van der Waals surface area contributed by atoms with Gasteiger partial charge in [0.05, 0.1) is 7.11 Å². The summed E-state index contributed by atoms with van der Waals surface area (Å²) >= 11 is 0. The Morgan fingerprint density at radius 3 is 1.93 bits per heavy atom. The van der Waals surface area contributed by atoms with Crippen LogP contribution in [0, 0.1) is 0 Å². The van der Waals surface area contributed by atoms with Crippen LogP contribution in [0.25, 0.3) is 11.1 Å². The highest BCUT2D eigenvalue weighted by molar-refractivity contribution is 7.84. The summed E-state index contributed by atoms with van der Waals surface area (Å²) in [5.74, 6) is 0.996. The number of benzene rings is 3. The molecule has 0 fully saturated rings. The van der Waals surface area contributed by atoms with Gasteiger partial charge in [0.1, 0.15) is 11.5 Å². The molecule has 3 aromatic carbocycles. The Hall–Kier alpha value is -2.83. The summed E-state index contributed by atoms with van der Waals surface area (Å²) in [4.78, 5) is 0. The maximum Gasteiger partial charge on any atom is 0.385 e. The van der Waals surface area contributed by atoms with Crippen LogP contribution in [0.4, 0.5) is 0 Å². The third-order valence-electron chi connectivity index (χ3n) is 4.11. The number of rotatable bonds is 7. The molecule has 6 heteroatoms. The van der Waals surface area contributed by atoms with Crippen molar-refractivity contribution in [3.05, 3.63) is 84.4 Å². The quantitative estimate of drug-likeness (QED) is 0.616. The lowest BCUT2D eigenvalue weighted by Gasteiger charge is -2.17. The van der Waals surface area contributed by atoms with Crippen LogP contribution in [0.3, 0.4) is 0 Å². The molecule has 0 aliphatic carbocycles. The molecule has 0 saturated heterocycles. The van der Waals surface area contributed by atoms with Crippen LogP contribution in [0.5, 0.6) is 11.5 Å². The van der Waals surface area contributed by atoms with E-state index < -0.39 is 10.3 Å². The standard InChI is InChI=1S/C21H21NO4S/c1-22(16-17-8-12-20(25-2)13-9-17)27(23,24)26-21-14-10-19(11-15-21)18-6-4-3-5-7-18/h3-15H,16H2,1-2H3. The van der Waals surface area contributed by atoms with Crippen LogP contribution >= 0.6 is 0 Å². The van der Waals surface area contributed by atoms with E-state index in [9.17, 15) is 8.42 Å². The first-order valence-corrected chi connectivity index (χ1v) is 9.78. The van der Waals surface area contributed by atoms with Crippen LogP contribution in [-0.4, -0.2) is 26.9 Å². The van der Waals surface area contributed by atoms with Crippen molar-refractivity contribution < 1.29 is 17.3 Å². The lowest BCUT2D eigenvalue weighted by molar-refractivity contribution is 0.388. The largest absolute Gasteiger partial charge is 0.497 e. The molecule has 0 N–H and O–H groups in total. The minimum atomic E-state index is -3.90. The van der Waals surface area contributed by atoms with Gasteiger partial charge in [0.15, 0.2) is 0 Å². The number of hydrogen-bond donors (Lipinski definition) is 0. The monoisotopic (exact) mass is 383 g/mol. The predicted molar refractivity (Wildman–Crippen MR) is 106 cm³/mol. The first-order chi connectivity index (χ1) is 13.0. The van der Waals surface area contributed by atoms with Crippen molar-refractivity contribution in [3.8, 4) is 22.6 Å². The first-order valence-electron chi connectivity index (χ1n) is 8.42. The first kappa shape index (κ1) is 18.9. The predicted octanol–water partition coefficient (Wildman–Crippen LogP) is 4.12. The lowest BCUT2D eigenvalue weighted by atomic mass is 10.1. The van der Waals surface area contributed by atoms with Gasteiger partial charge >= 0.3 is 10.3 Å². The van der Waals surface area contributed by atoms with E-state index in [4.69, 9.17) is 8.92 Å². The Morgan fingerprint density at radius 1 is 0.778 bits per heavy atom. The minimum Gasteiger partial charge on any atom is -0.497 e. The number of hydrogen-bond acceptors (Lipinski definition) is 4. The fourth-order valence-corrected chi connectivity index (χ4v) is 3.37. The second kappa shape index (κ2) is 8.24. The van der Waals surface area contributed by atoms with Crippen molar-refractivity contribution in [2.45, 2.75) is 6.54 Å². The molecule has 0 amide bonds. The van der Waals surface area contributed by atoms with Crippen LogP contribution in [-0.2, 0) is 16.8 Å². The van der Waals surface area contributed by atoms with Crippen LogP contribution in [0.2, 0.25) is 0 Å². The minimum absolute atomic E-state index is 0.203. The summed E-state index contributed by atoms with van der Waals surface area (Å²) in [6, 6.07) is 24.1. The van der Waals surface area contributed by atoms with Crippen molar-refractivity contribution in [2.24, 2.45) is 0 Å². The van der Waals surface area contributed by atoms with Crippen molar-refractivity contribution in [1.82, 2.24) is 4.31 Å². The normalized spacial score (nSPS) is 11.4. The van der Waals surface area contributed by atoms with Crippen molar-refractivity contribution in [3.63, 3.8) is 0 Å². The molecule has 0 radical (unpaired) electrons. The van der Waals surface area contributed by atoms with E-state index in [1.165, 1.54) is 11.4 Å². The Morgan fingerprint density at radius 2 is 1.33 bits per heavy atom. The molecule has 5 nitrogen and oxygen atoms in total. The van der Waals surface area contributed by atoms with Gasteiger partial charge in [-0.25, -0.2) is 0 Å². The zero-order valence-corrected chi connectivity index (χ0v) is 16.0. The fourth-order valence-electron chi connectivity index (χ4n) is 2.59. The highest BCUT2D eigenvalue weighted by Gasteiger charge is 2.20. The van der Waals surface area contributed by atoms with E-state index in [0.717, 1.165) is 22.4 Å². The summed E-state index contributed by atoms with van der Waals surface area (Å²) in [5, 5.41) is 0. The van der Waals surface area contributed by atoms with E-state index >= 15 is 0 Å². The molecule has 140 valence electrons. The van der Waals surface area contributed by atoms with Crippen LogP contribution < -0.4 is 8.92 Å². The highest BCUT2D eigenvalue weighted by atomic mass is 32.2. The number of ether oxygens (including phenoxy) is 1. The van der Waals surface area contributed by atoms with Gasteiger partial charge in [0.2, 0.25) is 0 Å². The summed E-state index contributed by atoms with van der Waals surface area (Å²) in [5.41, 5.74) is 2.89. The van der Waals surface area contributed by atoms with E-state index in [-0.39, 0.29) is 12.3 Å². The van der Waals surface area contributed by atoms with Gasteiger partial charge < -0.3 is 8.92 Å². The van der Waals surface area contributed by atoms with Gasteiger partial charge in [-0.15, -0.1) is 0 Å². The van der Waals surface area contributed by atoms with Crippen LogP contribution in [0.1, 0.15) is 5.56 Å². The Balaban J connectivity index is 1.67. The summed E-state index contributed by atoms with van der Waals surface area (Å²) < 4.78 is 36.4. The zero-order valence-electron chi connectivity index (χ0n) is 15.2. The third-order valence-corrected chi connectivity index (χ3v) is 5.40. The topological polar surface area (TPSA) is 55.8 Å². The average Bonchev–Trinajstić information content (AvgIpc) is 2.69. The second-order valence-corrected chi connectivity index (χ2v) is 7.68. The molecule has 0 saturated carbocycles. The summed E-state index contributed by atoms with van der Waals surface area (Å²) in [6.45, 7) is 0.203. The van der Waals surface area contributed by atoms with Gasteiger partial charge in [-0.05, 0) is 41.0 Å². The van der Waals surface area contributed by atoms with Gasteiger partial charge in [0, 0.05) is 13.6 Å². The zero-order chi connectivity index (χ0) is 19.3. The van der Waals surface area contributed by atoms with Crippen LogP contribution in [0.15, 0.2) is 78.9 Å². The summed E-state index contributed by atoms with van der Waals surface area (Å²) in [7, 11) is -0.833. The SMILES string of the molecule is COc1ccc(CN(C)S(=O)(=O)Oc2ccc(-c3ccccc3)cc2)cc1. The molecule has 0 bridgehead atoms. The van der Waals surface area contributed by atoms with Gasteiger partial charge in [-0.1, -0.05) is 54.6 Å². The number of methoxy groups -OCH3 is 1. The second-order valence-electron chi connectivity index (χ2n) is 6.04. The molecular weight excluding hydrogens is 362 g/mol. The number of nitrogens with zero attached hydrogens (tertiary/aromatic N) is 1. The molecule has 0 unspecified atom stereocenters. The average molecular weight is 383 g/mol. The summed E-state index contributed by atoms with van der Waals surface area (Å²) in [6.07, 6.45) is 0. The Bertz CT molecular complexity index is 969. The van der Waals surface area contributed by atoms with Crippen molar-refractivity contribution in [2.75, 3.05) is 14.2 Å². The van der Waals surface area contributed by atoms with E-state index in [0.29, 0.717) is 0 Å². The van der Waals surface area contributed by atoms with E-state index in [1.54, 1.807) is 31.4 Å². The van der Waals surface area contributed by atoms with Crippen molar-refractivity contribution >= 4 is 10.3 Å². The molecule has 0 aromatic heterocycles. The Kier molecular flexibility index (Phi) is 5.78. The molecule has 3 rings (SSSR count). The van der Waals surface area contributed by atoms with Crippen molar-refractivity contribution in [1.29, 1.82) is 0 Å². The van der Waals surface area contributed by atoms with Gasteiger partial charge in [-0.3, -0.25) is 0 Å². The lowest BCUT2D eigenvalue weighted by Crippen LogP contribution is -2.30. The molecular formula is C21H21NO4S. The third kappa shape index (κ3) is 4.87. The smallest absolute Gasteiger partial charge is 0.385 e. The van der Waals surface area contributed by atoms with E-state index in [1.807, 2.05) is 54.6 Å². The molecule has 0 heterocycles. The molecule has 0 atom stereocenters. The molecule has 27 heavy (non-hydrogen) atoms. The fraction of sp³-hybridized carbons (Fsp3) is 0.143. The Labute approximate surface area is 160 Å².